The number of aromatic nitrogens is 2. The molecule has 0 aliphatic heterocycles. The maximum absolute atomic E-state index is 12.9. The summed E-state index contributed by atoms with van der Waals surface area (Å²) in [6.07, 6.45) is 6.94. The Labute approximate surface area is 144 Å². The second kappa shape index (κ2) is 5.48. The van der Waals surface area contributed by atoms with Gasteiger partial charge in [0.25, 0.3) is 0 Å². The third kappa shape index (κ3) is 2.51. The zero-order valence-electron chi connectivity index (χ0n) is 13.2. The Morgan fingerprint density at radius 3 is 2.78 bits per heavy atom. The first kappa shape index (κ1) is 14.9. The van der Waals surface area contributed by atoms with Crippen molar-refractivity contribution in [3.05, 3.63) is 51.8 Å². The van der Waals surface area contributed by atoms with Crippen LogP contribution in [0.3, 0.4) is 0 Å². The molecule has 1 N–H and O–H groups in total. The third-order valence-electron chi connectivity index (χ3n) is 5.26. The topological polar surface area (TPSA) is 46.9 Å². The van der Waals surface area contributed by atoms with Gasteiger partial charge in [0.05, 0.1) is 17.7 Å². The van der Waals surface area contributed by atoms with Gasteiger partial charge in [-0.1, -0.05) is 28.1 Å². The summed E-state index contributed by atoms with van der Waals surface area (Å²) in [7, 11) is 1.98. The fourth-order valence-electron chi connectivity index (χ4n) is 3.69. The first-order valence-electron chi connectivity index (χ1n) is 8.18. The highest BCUT2D eigenvalue weighted by Crippen LogP contribution is 2.49. The fraction of sp³-hybridized carbons (Fsp3) is 0.444. The van der Waals surface area contributed by atoms with Crippen LogP contribution in [0.5, 0.6) is 0 Å². The van der Waals surface area contributed by atoms with Crippen LogP contribution in [-0.2, 0) is 23.7 Å². The van der Waals surface area contributed by atoms with E-state index in [9.17, 15) is 4.79 Å². The van der Waals surface area contributed by atoms with Crippen LogP contribution in [0.15, 0.2) is 34.9 Å². The molecule has 5 heteroatoms. The Bertz CT molecular complexity index is 746. The normalized spacial score (nSPS) is 21.6. The molecule has 120 valence electrons. The maximum atomic E-state index is 12.9. The number of amides is 1. The molecule has 1 fully saturated rings. The molecule has 0 saturated heterocycles. The van der Waals surface area contributed by atoms with Crippen LogP contribution in [0.4, 0.5) is 0 Å². The lowest BCUT2D eigenvalue weighted by Crippen LogP contribution is -2.38. The van der Waals surface area contributed by atoms with Crippen molar-refractivity contribution in [3.63, 3.8) is 0 Å². The summed E-state index contributed by atoms with van der Waals surface area (Å²) >= 11 is 3.46. The largest absolute Gasteiger partial charge is 0.348 e. The van der Waals surface area contributed by atoms with Gasteiger partial charge in [0.1, 0.15) is 0 Å². The van der Waals surface area contributed by atoms with Gasteiger partial charge < -0.3 is 5.32 Å². The quantitative estimate of drug-likeness (QED) is 0.895. The van der Waals surface area contributed by atoms with Crippen molar-refractivity contribution in [2.45, 2.75) is 43.6 Å². The van der Waals surface area contributed by atoms with Crippen LogP contribution in [0.1, 0.15) is 48.5 Å². The summed E-state index contributed by atoms with van der Waals surface area (Å²) in [5, 5.41) is 7.66. The van der Waals surface area contributed by atoms with Crippen LogP contribution < -0.4 is 5.32 Å². The van der Waals surface area contributed by atoms with Gasteiger partial charge in [0, 0.05) is 22.8 Å². The van der Waals surface area contributed by atoms with E-state index in [0.717, 1.165) is 42.1 Å². The molecule has 1 atom stereocenters. The van der Waals surface area contributed by atoms with Gasteiger partial charge in [0.15, 0.2) is 0 Å². The SMILES string of the molecule is Cn1ncc2c1CCCC2NC(=O)C1(c2ccc(Br)cc2)CC1. The van der Waals surface area contributed by atoms with Gasteiger partial charge in [-0.25, -0.2) is 0 Å². The van der Waals surface area contributed by atoms with Crippen molar-refractivity contribution in [1.82, 2.24) is 15.1 Å². The van der Waals surface area contributed by atoms with E-state index in [1.165, 1.54) is 11.3 Å². The van der Waals surface area contributed by atoms with Crippen molar-refractivity contribution < 1.29 is 4.79 Å². The summed E-state index contributed by atoms with van der Waals surface area (Å²) in [6.45, 7) is 0. The monoisotopic (exact) mass is 373 g/mol. The molecule has 0 spiro atoms. The van der Waals surface area contributed by atoms with E-state index in [4.69, 9.17) is 0 Å². The van der Waals surface area contributed by atoms with E-state index in [0.29, 0.717) is 0 Å². The second-order valence-corrected chi connectivity index (χ2v) is 7.59. The molecule has 0 bridgehead atoms. The maximum Gasteiger partial charge on any atom is 0.231 e. The Hall–Kier alpha value is -1.62. The highest BCUT2D eigenvalue weighted by atomic mass is 79.9. The van der Waals surface area contributed by atoms with Crippen LogP contribution in [0.2, 0.25) is 0 Å². The first-order chi connectivity index (χ1) is 11.1. The number of hydrogen-bond acceptors (Lipinski definition) is 2. The molecule has 0 radical (unpaired) electrons. The third-order valence-corrected chi connectivity index (χ3v) is 5.79. The van der Waals surface area contributed by atoms with E-state index in [1.54, 1.807) is 0 Å². The smallest absolute Gasteiger partial charge is 0.231 e. The summed E-state index contributed by atoms with van der Waals surface area (Å²) in [6, 6.07) is 8.26. The fourth-order valence-corrected chi connectivity index (χ4v) is 3.96. The Balaban J connectivity index is 1.56. The van der Waals surface area contributed by atoms with Gasteiger partial charge in [-0.05, 0) is 49.8 Å². The number of halogens is 1. The van der Waals surface area contributed by atoms with E-state index in [1.807, 2.05) is 30.1 Å². The minimum Gasteiger partial charge on any atom is -0.348 e. The molecule has 2 aliphatic rings. The number of hydrogen-bond donors (Lipinski definition) is 1. The first-order valence-corrected chi connectivity index (χ1v) is 8.97. The molecular weight excluding hydrogens is 354 g/mol. The minimum atomic E-state index is -0.319. The highest BCUT2D eigenvalue weighted by molar-refractivity contribution is 9.10. The number of aryl methyl sites for hydroxylation is 1. The van der Waals surface area contributed by atoms with E-state index < -0.39 is 0 Å². The number of nitrogens with zero attached hydrogens (tertiary/aromatic N) is 2. The van der Waals surface area contributed by atoms with Crippen LogP contribution in [0, 0.1) is 0 Å². The number of nitrogens with one attached hydrogen (secondary N) is 1. The number of fused-ring (bicyclic) bond motifs is 1. The van der Waals surface area contributed by atoms with Gasteiger partial charge in [0.2, 0.25) is 5.91 Å². The number of carbonyl (C=O) groups excluding carboxylic acids is 1. The summed E-state index contributed by atoms with van der Waals surface area (Å²) in [5.41, 5.74) is 3.26. The van der Waals surface area contributed by atoms with Crippen LogP contribution in [0.25, 0.3) is 0 Å². The predicted molar refractivity (Wildman–Crippen MR) is 92.1 cm³/mol. The Morgan fingerprint density at radius 1 is 1.35 bits per heavy atom. The molecule has 1 heterocycles. The van der Waals surface area contributed by atoms with Gasteiger partial charge in [-0.15, -0.1) is 0 Å². The van der Waals surface area contributed by atoms with Crippen LogP contribution in [-0.4, -0.2) is 15.7 Å². The number of benzene rings is 1. The van der Waals surface area contributed by atoms with Crippen molar-refractivity contribution in [1.29, 1.82) is 0 Å². The summed E-state index contributed by atoms with van der Waals surface area (Å²) in [5.74, 6) is 0.168. The van der Waals surface area contributed by atoms with Crippen molar-refractivity contribution in [3.8, 4) is 0 Å². The van der Waals surface area contributed by atoms with E-state index >= 15 is 0 Å². The van der Waals surface area contributed by atoms with Crippen molar-refractivity contribution >= 4 is 21.8 Å². The molecule has 2 aromatic rings. The molecule has 4 nitrogen and oxygen atoms in total. The number of rotatable bonds is 3. The average molecular weight is 374 g/mol. The molecule has 1 saturated carbocycles. The molecule has 1 unspecified atom stereocenters. The molecule has 4 rings (SSSR count). The Morgan fingerprint density at radius 2 is 2.09 bits per heavy atom. The average Bonchev–Trinajstić information content (AvgIpc) is 3.28. The predicted octanol–water partition coefficient (Wildman–Crippen LogP) is 3.41. The molecule has 23 heavy (non-hydrogen) atoms. The lowest BCUT2D eigenvalue weighted by molar-refractivity contribution is -0.124. The van der Waals surface area contributed by atoms with Crippen molar-refractivity contribution in [2.75, 3.05) is 0 Å². The van der Waals surface area contributed by atoms with Gasteiger partial charge >= 0.3 is 0 Å². The zero-order valence-corrected chi connectivity index (χ0v) is 14.8. The van der Waals surface area contributed by atoms with Gasteiger partial charge in [-0.2, -0.15) is 5.10 Å². The molecule has 1 aromatic heterocycles. The second-order valence-electron chi connectivity index (χ2n) is 6.68. The molecule has 1 aromatic carbocycles. The lowest BCUT2D eigenvalue weighted by Gasteiger charge is -2.26. The lowest BCUT2D eigenvalue weighted by atomic mass is 9.90. The summed E-state index contributed by atoms with van der Waals surface area (Å²) < 4.78 is 2.99. The number of carbonyl (C=O) groups is 1. The highest BCUT2D eigenvalue weighted by Gasteiger charge is 2.51. The molecule has 1 amide bonds. The van der Waals surface area contributed by atoms with Crippen LogP contribution >= 0.6 is 15.9 Å². The minimum absolute atomic E-state index is 0.105. The molecular formula is C18H20BrN3O. The van der Waals surface area contributed by atoms with Gasteiger partial charge in [-0.3, -0.25) is 9.48 Å². The molecule has 2 aliphatic carbocycles. The van der Waals surface area contributed by atoms with Crippen molar-refractivity contribution in [2.24, 2.45) is 7.05 Å². The van der Waals surface area contributed by atoms with E-state index in [2.05, 4.69) is 38.5 Å². The summed E-state index contributed by atoms with van der Waals surface area (Å²) in [4.78, 5) is 12.9. The van der Waals surface area contributed by atoms with E-state index in [-0.39, 0.29) is 17.4 Å². The standard InChI is InChI=1S/C18H20BrN3O/c1-22-16-4-2-3-15(14(16)11-20-22)21-17(23)18(9-10-18)12-5-7-13(19)8-6-12/h5-8,11,15H,2-4,9-10H2,1H3,(H,21,23). The Kier molecular flexibility index (Phi) is 3.56. The zero-order chi connectivity index (χ0) is 16.0.